The Morgan fingerprint density at radius 3 is 2.67 bits per heavy atom. The number of methoxy groups -OCH3 is 1. The number of rotatable bonds is 4. The monoisotopic (exact) mass is 288 g/mol. The quantitative estimate of drug-likeness (QED) is 0.627. The van der Waals surface area contributed by atoms with E-state index in [-0.39, 0.29) is 12.4 Å². The van der Waals surface area contributed by atoms with Gasteiger partial charge in [-0.15, -0.1) is 0 Å². The Hall–Kier alpha value is -2.40. The van der Waals surface area contributed by atoms with Crippen molar-refractivity contribution in [1.82, 2.24) is 0 Å². The van der Waals surface area contributed by atoms with E-state index in [1.165, 1.54) is 12.2 Å². The van der Waals surface area contributed by atoms with E-state index in [9.17, 15) is 9.59 Å². The van der Waals surface area contributed by atoms with Crippen LogP contribution in [0.5, 0.6) is 5.75 Å². The number of ketones is 1. The van der Waals surface area contributed by atoms with Crippen molar-refractivity contribution in [2.24, 2.45) is 0 Å². The summed E-state index contributed by atoms with van der Waals surface area (Å²) in [5.41, 5.74) is 1.43. The Bertz CT molecular complexity index is 583. The Morgan fingerprint density at radius 2 is 2.05 bits per heavy atom. The van der Waals surface area contributed by atoms with E-state index in [4.69, 9.17) is 14.2 Å². The van der Waals surface area contributed by atoms with Crippen LogP contribution in [0.2, 0.25) is 0 Å². The van der Waals surface area contributed by atoms with Crippen LogP contribution in [0.15, 0.2) is 42.0 Å². The van der Waals surface area contributed by atoms with Crippen LogP contribution in [0.4, 0.5) is 0 Å². The van der Waals surface area contributed by atoms with Crippen LogP contribution in [0.3, 0.4) is 0 Å². The summed E-state index contributed by atoms with van der Waals surface area (Å²) in [6, 6.07) is 7.24. The second-order valence-electron chi connectivity index (χ2n) is 4.54. The molecule has 110 valence electrons. The predicted molar refractivity (Wildman–Crippen MR) is 76.6 cm³/mol. The third-order valence-electron chi connectivity index (χ3n) is 2.89. The van der Waals surface area contributed by atoms with Gasteiger partial charge in [0.1, 0.15) is 12.4 Å². The third kappa shape index (κ3) is 4.29. The molecule has 1 aliphatic rings. The summed E-state index contributed by atoms with van der Waals surface area (Å²) >= 11 is 0. The zero-order valence-electron chi connectivity index (χ0n) is 11.9. The molecule has 5 heteroatoms. The lowest BCUT2D eigenvalue weighted by Gasteiger charge is -2.20. The molecule has 0 amide bonds. The fourth-order valence-corrected chi connectivity index (χ4v) is 1.80. The Kier molecular flexibility index (Phi) is 4.90. The minimum atomic E-state index is -0.796. The molecule has 1 heterocycles. The molecule has 0 saturated carbocycles. The first-order chi connectivity index (χ1) is 10.1. The van der Waals surface area contributed by atoms with Crippen LogP contribution in [0, 0.1) is 0 Å². The number of benzene rings is 1. The molecule has 0 N–H and O–H groups in total. The van der Waals surface area contributed by atoms with Crippen LogP contribution in [-0.4, -0.2) is 31.8 Å². The molecule has 5 nitrogen and oxygen atoms in total. The first-order valence-corrected chi connectivity index (χ1v) is 6.44. The predicted octanol–water partition coefficient (Wildman–Crippen LogP) is 2.12. The van der Waals surface area contributed by atoms with Crippen molar-refractivity contribution < 1.29 is 23.8 Å². The van der Waals surface area contributed by atoms with Gasteiger partial charge in [-0.2, -0.15) is 0 Å². The maximum absolute atomic E-state index is 11.7. The van der Waals surface area contributed by atoms with Crippen molar-refractivity contribution in [3.8, 4) is 5.75 Å². The standard InChI is InChI=1S/C16H16O5/c1-11-9-13(17)10-20-16(11)21-15(18)8-5-12-3-6-14(19-2)7-4-12/h3-9,16H,10H2,1-2H3/b8-5+/t16-/m0/s1. The maximum atomic E-state index is 11.7. The van der Waals surface area contributed by atoms with E-state index >= 15 is 0 Å². The number of ether oxygens (including phenoxy) is 3. The molecule has 0 aromatic heterocycles. The molecule has 0 bridgehead atoms. The number of hydrogen-bond donors (Lipinski definition) is 0. The Balaban J connectivity index is 1.93. The van der Waals surface area contributed by atoms with Gasteiger partial charge in [0.15, 0.2) is 5.78 Å². The summed E-state index contributed by atoms with van der Waals surface area (Å²) in [6.45, 7) is 1.61. The molecule has 0 aliphatic carbocycles. The Labute approximate surface area is 122 Å². The highest BCUT2D eigenvalue weighted by molar-refractivity contribution is 5.92. The molecule has 0 spiro atoms. The van der Waals surface area contributed by atoms with Gasteiger partial charge in [-0.05, 0) is 42.3 Å². The lowest BCUT2D eigenvalue weighted by molar-refractivity contribution is -0.168. The van der Waals surface area contributed by atoms with Crippen LogP contribution in [-0.2, 0) is 19.1 Å². The van der Waals surface area contributed by atoms with E-state index in [2.05, 4.69) is 0 Å². The van der Waals surface area contributed by atoms with Gasteiger partial charge in [0, 0.05) is 6.08 Å². The first-order valence-electron chi connectivity index (χ1n) is 6.44. The van der Waals surface area contributed by atoms with Crippen molar-refractivity contribution in [2.45, 2.75) is 13.2 Å². The lowest BCUT2D eigenvalue weighted by Crippen LogP contribution is -2.28. The van der Waals surface area contributed by atoms with Gasteiger partial charge in [0.05, 0.1) is 7.11 Å². The Morgan fingerprint density at radius 1 is 1.33 bits per heavy atom. The highest BCUT2D eigenvalue weighted by atomic mass is 16.7. The second kappa shape index (κ2) is 6.85. The van der Waals surface area contributed by atoms with Crippen molar-refractivity contribution in [3.05, 3.63) is 47.6 Å². The molecule has 0 unspecified atom stereocenters. The van der Waals surface area contributed by atoms with Gasteiger partial charge >= 0.3 is 5.97 Å². The van der Waals surface area contributed by atoms with E-state index < -0.39 is 12.3 Å². The average molecular weight is 288 g/mol. The van der Waals surface area contributed by atoms with Crippen LogP contribution in [0.1, 0.15) is 12.5 Å². The molecular weight excluding hydrogens is 272 g/mol. The van der Waals surface area contributed by atoms with Crippen LogP contribution >= 0.6 is 0 Å². The maximum Gasteiger partial charge on any atom is 0.333 e. The van der Waals surface area contributed by atoms with Gasteiger partial charge in [0.25, 0.3) is 0 Å². The number of hydrogen-bond acceptors (Lipinski definition) is 5. The van der Waals surface area contributed by atoms with Crippen LogP contribution in [0.25, 0.3) is 6.08 Å². The number of esters is 1. The normalized spacial score (nSPS) is 18.5. The highest BCUT2D eigenvalue weighted by Gasteiger charge is 2.21. The van der Waals surface area contributed by atoms with Crippen LogP contribution < -0.4 is 4.74 Å². The van der Waals surface area contributed by atoms with E-state index in [1.807, 2.05) is 12.1 Å². The molecule has 2 rings (SSSR count). The summed E-state index contributed by atoms with van der Waals surface area (Å²) in [5.74, 6) is 0.0854. The minimum absolute atomic E-state index is 0.0719. The summed E-state index contributed by atoms with van der Waals surface area (Å²) in [5, 5.41) is 0. The first kappa shape index (κ1) is 15.0. The molecule has 0 radical (unpaired) electrons. The fraction of sp³-hybridized carbons (Fsp3) is 0.250. The molecule has 1 aromatic rings. The molecule has 21 heavy (non-hydrogen) atoms. The third-order valence-corrected chi connectivity index (χ3v) is 2.89. The largest absolute Gasteiger partial charge is 0.497 e. The summed E-state index contributed by atoms with van der Waals surface area (Å²) < 4.78 is 15.3. The molecule has 1 atom stereocenters. The fourth-order valence-electron chi connectivity index (χ4n) is 1.80. The van der Waals surface area contributed by atoms with Crippen molar-refractivity contribution >= 4 is 17.8 Å². The van der Waals surface area contributed by atoms with E-state index in [0.717, 1.165) is 11.3 Å². The molecular formula is C16H16O5. The number of carbonyl (C=O) groups is 2. The van der Waals surface area contributed by atoms with Crippen molar-refractivity contribution in [2.75, 3.05) is 13.7 Å². The average Bonchev–Trinajstić information content (AvgIpc) is 2.48. The highest BCUT2D eigenvalue weighted by Crippen LogP contribution is 2.15. The van der Waals surface area contributed by atoms with Crippen molar-refractivity contribution in [3.63, 3.8) is 0 Å². The SMILES string of the molecule is COc1ccc(/C=C/C(=O)O[C@@H]2OCC(=O)C=C2C)cc1. The topological polar surface area (TPSA) is 61.8 Å². The molecule has 1 aromatic carbocycles. The van der Waals surface area contributed by atoms with Gasteiger partial charge < -0.3 is 14.2 Å². The molecule has 0 saturated heterocycles. The minimum Gasteiger partial charge on any atom is -0.497 e. The number of carbonyl (C=O) groups excluding carboxylic acids is 2. The summed E-state index contributed by atoms with van der Waals surface area (Å²) in [4.78, 5) is 22.8. The second-order valence-corrected chi connectivity index (χ2v) is 4.54. The smallest absolute Gasteiger partial charge is 0.333 e. The van der Waals surface area contributed by atoms with Gasteiger partial charge in [0.2, 0.25) is 6.29 Å². The van der Waals surface area contributed by atoms with E-state index in [1.54, 1.807) is 32.2 Å². The molecule has 0 fully saturated rings. The van der Waals surface area contributed by atoms with Crippen molar-refractivity contribution in [1.29, 1.82) is 0 Å². The van der Waals surface area contributed by atoms with Gasteiger partial charge in [-0.3, -0.25) is 4.79 Å². The zero-order chi connectivity index (χ0) is 15.2. The summed E-state index contributed by atoms with van der Waals surface area (Å²) in [7, 11) is 1.59. The molecule has 1 aliphatic heterocycles. The zero-order valence-corrected chi connectivity index (χ0v) is 11.9. The summed E-state index contributed by atoms with van der Waals surface area (Å²) in [6.07, 6.45) is 3.58. The van der Waals surface area contributed by atoms with E-state index in [0.29, 0.717) is 5.57 Å². The van der Waals surface area contributed by atoms with Gasteiger partial charge in [-0.25, -0.2) is 4.79 Å². The van der Waals surface area contributed by atoms with Gasteiger partial charge in [-0.1, -0.05) is 12.1 Å². The lowest BCUT2D eigenvalue weighted by atomic mass is 10.2.